The predicted molar refractivity (Wildman–Crippen MR) is 119 cm³/mol. The summed E-state index contributed by atoms with van der Waals surface area (Å²) in [5.41, 5.74) is 2.42. The molecule has 0 bridgehead atoms. The number of hydrogen-bond donors (Lipinski definition) is 0. The lowest BCUT2D eigenvalue weighted by atomic mass is 10.0. The maximum atomic E-state index is 13.6. The molecular weight excluding hydrogens is 400 g/mol. The van der Waals surface area contributed by atoms with Crippen LogP contribution in [0.5, 0.6) is 5.75 Å². The highest BCUT2D eigenvalue weighted by molar-refractivity contribution is 6.46. The summed E-state index contributed by atoms with van der Waals surface area (Å²) in [7, 11) is 3.28. The number of carbonyl (C=O) groups excluding carboxylic acids is 2. The molecule has 30 heavy (non-hydrogen) atoms. The van der Waals surface area contributed by atoms with Gasteiger partial charge in [-0.1, -0.05) is 54.1 Å². The molecule has 5 nitrogen and oxygen atoms in total. The van der Waals surface area contributed by atoms with Crippen molar-refractivity contribution in [3.8, 4) is 5.75 Å². The number of hydrogen-bond acceptors (Lipinski definition) is 4. The van der Waals surface area contributed by atoms with Gasteiger partial charge in [0.15, 0.2) is 0 Å². The van der Waals surface area contributed by atoms with E-state index in [1.54, 1.807) is 60.5 Å². The minimum atomic E-state index is -0.416. The smallest absolute Gasteiger partial charge is 0.282 e. The van der Waals surface area contributed by atoms with Crippen LogP contribution >= 0.6 is 11.6 Å². The van der Waals surface area contributed by atoms with Gasteiger partial charge >= 0.3 is 0 Å². The number of halogens is 1. The monoisotopic (exact) mass is 418 g/mol. The Morgan fingerprint density at radius 1 is 0.833 bits per heavy atom. The number of rotatable bonds is 5. The number of benzene rings is 3. The lowest BCUT2D eigenvalue weighted by Crippen LogP contribution is -2.34. The van der Waals surface area contributed by atoms with Crippen LogP contribution in [0.2, 0.25) is 5.02 Å². The lowest BCUT2D eigenvalue weighted by molar-refractivity contribution is -0.120. The van der Waals surface area contributed by atoms with Gasteiger partial charge in [0.05, 0.1) is 18.4 Å². The third kappa shape index (κ3) is 3.33. The predicted octanol–water partition coefficient (Wildman–Crippen LogP) is 4.77. The summed E-state index contributed by atoms with van der Waals surface area (Å²) >= 11 is 6.04. The first kappa shape index (κ1) is 19.7. The Labute approximate surface area is 179 Å². The van der Waals surface area contributed by atoms with Crippen molar-refractivity contribution in [2.45, 2.75) is 0 Å². The van der Waals surface area contributed by atoms with Gasteiger partial charge in [-0.3, -0.25) is 9.59 Å². The summed E-state index contributed by atoms with van der Waals surface area (Å²) in [6, 6.07) is 23.3. The summed E-state index contributed by atoms with van der Waals surface area (Å²) in [6.45, 7) is 0. The fourth-order valence-electron chi connectivity index (χ4n) is 3.52. The van der Waals surface area contributed by atoms with Crippen molar-refractivity contribution < 1.29 is 14.3 Å². The second-order valence-electron chi connectivity index (χ2n) is 6.74. The summed E-state index contributed by atoms with van der Waals surface area (Å²) < 4.78 is 5.40. The fourth-order valence-corrected chi connectivity index (χ4v) is 3.65. The molecule has 3 aromatic rings. The van der Waals surface area contributed by atoms with Gasteiger partial charge in [-0.25, -0.2) is 4.90 Å². The molecule has 0 unspecified atom stereocenters. The van der Waals surface area contributed by atoms with E-state index in [-0.39, 0.29) is 0 Å². The zero-order chi connectivity index (χ0) is 21.3. The van der Waals surface area contributed by atoms with E-state index in [1.807, 2.05) is 30.3 Å². The van der Waals surface area contributed by atoms with Crippen molar-refractivity contribution in [3.05, 3.63) is 95.1 Å². The number of carbonyl (C=O) groups is 2. The first-order valence-electron chi connectivity index (χ1n) is 9.33. The Bertz CT molecular complexity index is 1140. The second-order valence-corrected chi connectivity index (χ2v) is 7.18. The number of nitrogens with zero attached hydrogens (tertiary/aromatic N) is 2. The van der Waals surface area contributed by atoms with Crippen molar-refractivity contribution in [1.29, 1.82) is 0 Å². The maximum absolute atomic E-state index is 13.6. The Balaban J connectivity index is 1.90. The molecule has 4 rings (SSSR count). The van der Waals surface area contributed by atoms with Crippen LogP contribution in [0.1, 0.15) is 5.56 Å². The average molecular weight is 419 g/mol. The number of anilines is 2. The van der Waals surface area contributed by atoms with Gasteiger partial charge in [-0.2, -0.15) is 0 Å². The molecule has 3 aromatic carbocycles. The Morgan fingerprint density at radius 2 is 1.47 bits per heavy atom. The van der Waals surface area contributed by atoms with Gasteiger partial charge in [-0.05, 0) is 42.0 Å². The number of ether oxygens (including phenoxy) is 1. The molecule has 0 radical (unpaired) electrons. The van der Waals surface area contributed by atoms with Crippen LogP contribution < -0.4 is 14.5 Å². The molecule has 150 valence electrons. The van der Waals surface area contributed by atoms with Crippen LogP contribution in [-0.2, 0) is 9.59 Å². The third-order valence-electron chi connectivity index (χ3n) is 5.00. The van der Waals surface area contributed by atoms with E-state index in [0.29, 0.717) is 33.3 Å². The van der Waals surface area contributed by atoms with Crippen molar-refractivity contribution in [2.24, 2.45) is 0 Å². The van der Waals surface area contributed by atoms with E-state index in [9.17, 15) is 9.59 Å². The molecule has 0 aromatic heterocycles. The molecule has 0 spiro atoms. The number of methoxy groups -OCH3 is 1. The molecule has 0 N–H and O–H groups in total. The Hall–Kier alpha value is -3.57. The first-order chi connectivity index (χ1) is 14.5. The fraction of sp³-hybridized carbons (Fsp3) is 0.0833. The first-order valence-corrected chi connectivity index (χ1v) is 9.71. The van der Waals surface area contributed by atoms with Gasteiger partial charge in [0.1, 0.15) is 11.4 Å². The van der Waals surface area contributed by atoms with Crippen LogP contribution in [-0.4, -0.2) is 26.0 Å². The molecule has 0 fully saturated rings. The largest absolute Gasteiger partial charge is 0.495 e. The number of likely N-dealkylation sites (N-methyl/N-ethyl adjacent to an activating group) is 1. The third-order valence-corrected chi connectivity index (χ3v) is 5.25. The summed E-state index contributed by atoms with van der Waals surface area (Å²) in [4.78, 5) is 30.0. The molecule has 1 aliphatic heterocycles. The highest BCUT2D eigenvalue weighted by Gasteiger charge is 2.43. The molecule has 1 aliphatic rings. The van der Waals surface area contributed by atoms with Crippen LogP contribution in [0.3, 0.4) is 0 Å². The number of imide groups is 1. The Kier molecular flexibility index (Phi) is 5.29. The normalized spacial score (nSPS) is 13.8. The van der Waals surface area contributed by atoms with Gasteiger partial charge in [0, 0.05) is 17.8 Å². The van der Waals surface area contributed by atoms with E-state index in [1.165, 1.54) is 7.11 Å². The molecule has 0 atom stereocenters. The number of para-hydroxylation sites is 3. The van der Waals surface area contributed by atoms with E-state index in [2.05, 4.69) is 0 Å². The number of amides is 2. The summed E-state index contributed by atoms with van der Waals surface area (Å²) in [6.07, 6.45) is 0. The summed E-state index contributed by atoms with van der Waals surface area (Å²) in [5.74, 6) is -0.385. The highest BCUT2D eigenvalue weighted by Crippen LogP contribution is 2.39. The Morgan fingerprint density at radius 3 is 2.13 bits per heavy atom. The van der Waals surface area contributed by atoms with Crippen LogP contribution in [0, 0.1) is 0 Å². The average Bonchev–Trinajstić information content (AvgIpc) is 3.04. The highest BCUT2D eigenvalue weighted by atomic mass is 35.5. The standard InChI is InChI=1S/C24H19ClN2O3/c1-26(18-8-4-3-5-9-18)22-21(16-12-14-17(25)15-13-16)23(28)27(24(22)29)19-10-6-7-11-20(19)30-2/h3-15H,1-2H3. The molecule has 0 aliphatic carbocycles. The van der Waals surface area contributed by atoms with Gasteiger partial charge < -0.3 is 9.64 Å². The van der Waals surface area contributed by atoms with Crippen LogP contribution in [0.25, 0.3) is 5.57 Å². The van der Waals surface area contributed by atoms with E-state index >= 15 is 0 Å². The topological polar surface area (TPSA) is 49.9 Å². The molecule has 0 saturated heterocycles. The molecule has 0 saturated carbocycles. The molecule has 2 amide bonds. The van der Waals surface area contributed by atoms with E-state index in [4.69, 9.17) is 16.3 Å². The van der Waals surface area contributed by atoms with Crippen molar-refractivity contribution in [2.75, 3.05) is 24.0 Å². The summed E-state index contributed by atoms with van der Waals surface area (Å²) in [5, 5.41) is 0.552. The van der Waals surface area contributed by atoms with E-state index in [0.717, 1.165) is 10.6 Å². The molecule has 1 heterocycles. The van der Waals surface area contributed by atoms with Crippen molar-refractivity contribution >= 4 is 40.4 Å². The molecular formula is C24H19ClN2O3. The van der Waals surface area contributed by atoms with Crippen LogP contribution in [0.15, 0.2) is 84.6 Å². The quantitative estimate of drug-likeness (QED) is 0.560. The maximum Gasteiger partial charge on any atom is 0.282 e. The van der Waals surface area contributed by atoms with Crippen molar-refractivity contribution in [3.63, 3.8) is 0 Å². The van der Waals surface area contributed by atoms with Crippen molar-refractivity contribution in [1.82, 2.24) is 0 Å². The SMILES string of the molecule is COc1ccccc1N1C(=O)C(c2ccc(Cl)cc2)=C(N(C)c2ccccc2)C1=O. The zero-order valence-corrected chi connectivity index (χ0v) is 17.3. The minimum absolute atomic E-state index is 0.291. The molecule has 6 heteroatoms. The van der Waals surface area contributed by atoms with Crippen LogP contribution in [0.4, 0.5) is 11.4 Å². The lowest BCUT2D eigenvalue weighted by Gasteiger charge is -2.22. The van der Waals surface area contributed by atoms with Gasteiger partial charge in [-0.15, -0.1) is 0 Å². The van der Waals surface area contributed by atoms with Gasteiger partial charge in [0.2, 0.25) is 0 Å². The van der Waals surface area contributed by atoms with E-state index < -0.39 is 11.8 Å². The van der Waals surface area contributed by atoms with Gasteiger partial charge in [0.25, 0.3) is 11.8 Å². The second kappa shape index (κ2) is 8.05. The minimum Gasteiger partial charge on any atom is -0.495 e. The zero-order valence-electron chi connectivity index (χ0n) is 16.5.